The van der Waals surface area contributed by atoms with Crippen molar-refractivity contribution in [2.45, 2.75) is 61.4 Å². The predicted molar refractivity (Wildman–Crippen MR) is 103 cm³/mol. The molecular formula is C24H31Cl2Zr. The third-order valence-corrected chi connectivity index (χ3v) is 12.6. The number of allylic oxidation sites excluding steroid dienone is 8. The van der Waals surface area contributed by atoms with Gasteiger partial charge in [-0.2, -0.15) is 0 Å². The van der Waals surface area contributed by atoms with Gasteiger partial charge in [0, 0.05) is 0 Å². The first-order valence-electron chi connectivity index (χ1n) is 10.7. The van der Waals surface area contributed by atoms with E-state index in [0.717, 1.165) is 33.2 Å². The molecule has 145 valence electrons. The zero-order chi connectivity index (χ0) is 16.6. The van der Waals surface area contributed by atoms with E-state index in [9.17, 15) is 0 Å². The van der Waals surface area contributed by atoms with Crippen LogP contribution in [-0.2, 0) is 22.8 Å². The van der Waals surface area contributed by atoms with Crippen molar-refractivity contribution in [3.63, 3.8) is 0 Å². The van der Waals surface area contributed by atoms with Crippen LogP contribution in [0.2, 0.25) is 3.63 Å². The number of fused-ring (bicyclic) bond motifs is 3. The number of halogens is 2. The van der Waals surface area contributed by atoms with Crippen molar-refractivity contribution in [3.8, 4) is 0 Å². The molecule has 0 bridgehead atoms. The van der Waals surface area contributed by atoms with Gasteiger partial charge in [-0.25, -0.2) is 0 Å². The largest absolute Gasteiger partial charge is 1.00 e. The van der Waals surface area contributed by atoms with E-state index in [-0.39, 0.29) is 24.8 Å². The Hall–Kier alpha value is 0.293. The Bertz CT molecular complexity index is 664. The molecule has 0 aromatic heterocycles. The van der Waals surface area contributed by atoms with Gasteiger partial charge in [-0.1, -0.05) is 0 Å². The van der Waals surface area contributed by atoms with E-state index in [1.54, 1.807) is 5.57 Å². The first-order valence-corrected chi connectivity index (χ1v) is 13.4. The maximum Gasteiger partial charge on any atom is -1.00 e. The fourth-order valence-electron chi connectivity index (χ4n) is 6.63. The molecule has 6 atom stereocenters. The van der Waals surface area contributed by atoms with Gasteiger partial charge in [0.25, 0.3) is 0 Å². The molecule has 3 saturated carbocycles. The van der Waals surface area contributed by atoms with Crippen molar-refractivity contribution in [1.29, 1.82) is 0 Å². The average molecular weight is 482 g/mol. The van der Waals surface area contributed by atoms with E-state index in [1.165, 1.54) is 57.8 Å². The number of hydrogen-bond acceptors (Lipinski definition) is 0. The van der Waals surface area contributed by atoms with E-state index in [0.29, 0.717) is 0 Å². The molecule has 0 aromatic rings. The van der Waals surface area contributed by atoms with Crippen LogP contribution in [-0.4, -0.2) is 3.21 Å². The van der Waals surface area contributed by atoms with Gasteiger partial charge in [-0.05, 0) is 0 Å². The van der Waals surface area contributed by atoms with Crippen molar-refractivity contribution < 1.29 is 47.6 Å². The second-order valence-corrected chi connectivity index (χ2v) is 13.0. The van der Waals surface area contributed by atoms with Gasteiger partial charge >= 0.3 is 165 Å². The van der Waals surface area contributed by atoms with Crippen LogP contribution >= 0.6 is 0 Å². The van der Waals surface area contributed by atoms with Crippen LogP contribution in [0, 0.1) is 29.6 Å². The molecule has 3 heteroatoms. The summed E-state index contributed by atoms with van der Waals surface area (Å²) in [5, 5.41) is 0. The van der Waals surface area contributed by atoms with Crippen molar-refractivity contribution in [3.05, 3.63) is 48.1 Å². The Morgan fingerprint density at radius 2 is 1.59 bits per heavy atom. The van der Waals surface area contributed by atoms with Crippen molar-refractivity contribution >= 4 is 3.21 Å². The topological polar surface area (TPSA) is 0 Å². The summed E-state index contributed by atoms with van der Waals surface area (Å²) >= 11 is -0.402. The van der Waals surface area contributed by atoms with E-state index >= 15 is 0 Å². The number of hydrogen-bond donors (Lipinski definition) is 0. The normalized spacial score (nSPS) is 39.0. The molecule has 0 nitrogen and oxygen atoms in total. The summed E-state index contributed by atoms with van der Waals surface area (Å²) in [6, 6.07) is 0. The van der Waals surface area contributed by atoms with Gasteiger partial charge < -0.3 is 24.8 Å². The molecule has 0 amide bonds. The Balaban J connectivity index is 0.00000105. The van der Waals surface area contributed by atoms with Gasteiger partial charge in [-0.15, -0.1) is 0 Å². The molecular weight excluding hydrogens is 450 g/mol. The molecule has 0 aliphatic heterocycles. The molecule has 0 spiro atoms. The van der Waals surface area contributed by atoms with Crippen LogP contribution in [0.1, 0.15) is 57.8 Å². The van der Waals surface area contributed by atoms with Gasteiger partial charge in [0.05, 0.1) is 0 Å². The molecule has 27 heavy (non-hydrogen) atoms. The molecule has 5 aliphatic rings. The second kappa shape index (κ2) is 9.86. The maximum absolute atomic E-state index is 2.64. The predicted octanol–water partition coefficient (Wildman–Crippen LogP) is 0.293. The SMILES string of the molecule is C1=CCC(C2CCCC3C4C=CC=CC4[CH]([Zr+2]=[C]4CCCCC4)C23)=C1.[Cl-].[Cl-]. The van der Waals surface area contributed by atoms with Crippen molar-refractivity contribution in [2.24, 2.45) is 29.6 Å². The minimum Gasteiger partial charge on any atom is -1.00 e. The molecule has 6 unspecified atom stereocenters. The van der Waals surface area contributed by atoms with Crippen LogP contribution in [0.5, 0.6) is 0 Å². The Labute approximate surface area is 188 Å². The third kappa shape index (κ3) is 4.27. The molecule has 0 heterocycles. The second-order valence-electron chi connectivity index (χ2n) is 8.91. The zero-order valence-corrected chi connectivity index (χ0v) is 20.1. The van der Waals surface area contributed by atoms with Gasteiger partial charge in [0.15, 0.2) is 0 Å². The zero-order valence-electron chi connectivity index (χ0n) is 16.1. The van der Waals surface area contributed by atoms with Gasteiger partial charge in [0.2, 0.25) is 0 Å². The average Bonchev–Trinajstić information content (AvgIpc) is 3.30. The van der Waals surface area contributed by atoms with Crippen LogP contribution in [0.3, 0.4) is 0 Å². The third-order valence-electron chi connectivity index (χ3n) is 7.66. The first kappa shape index (κ1) is 22.0. The van der Waals surface area contributed by atoms with Crippen LogP contribution in [0.15, 0.2) is 48.1 Å². The summed E-state index contributed by atoms with van der Waals surface area (Å²) in [5.74, 6) is 4.69. The van der Waals surface area contributed by atoms with Crippen molar-refractivity contribution in [1.82, 2.24) is 0 Å². The standard InChI is InChI=1S/C18H21.C6H10.2ClH.Zr/c1-2-7-13(6-1)15-10-5-11-17-16-9-4-3-8-14(16)12-18(15)17;1-2-4-6-5-3-1;;;/h1-4,6,8-9,12,14-18H,5,7,10-11H2;1-5H2;2*1H;/q;;;;+2/p-2. The fourth-order valence-corrected chi connectivity index (χ4v) is 12.3. The Morgan fingerprint density at radius 1 is 0.815 bits per heavy atom. The Morgan fingerprint density at radius 3 is 2.33 bits per heavy atom. The summed E-state index contributed by atoms with van der Waals surface area (Å²) < 4.78 is 3.17. The molecule has 3 fully saturated rings. The van der Waals surface area contributed by atoms with Gasteiger partial charge in [0.1, 0.15) is 0 Å². The van der Waals surface area contributed by atoms with Crippen molar-refractivity contribution in [2.75, 3.05) is 0 Å². The summed E-state index contributed by atoms with van der Waals surface area (Å²) in [5.41, 5.74) is 1.79. The summed E-state index contributed by atoms with van der Waals surface area (Å²) in [6.07, 6.45) is 30.4. The fraction of sp³-hybridized carbons (Fsp3) is 0.625. The Kier molecular flexibility index (Phi) is 8.03. The molecule has 0 aromatic carbocycles. The summed E-state index contributed by atoms with van der Waals surface area (Å²) in [4.78, 5) is 0. The minimum atomic E-state index is -0.402. The quantitative estimate of drug-likeness (QED) is 0.532. The number of rotatable bonds is 2. The minimum absolute atomic E-state index is 0. The van der Waals surface area contributed by atoms with Crippen LogP contribution in [0.4, 0.5) is 0 Å². The maximum atomic E-state index is 2.64. The van der Waals surface area contributed by atoms with E-state index in [2.05, 4.69) is 45.7 Å². The summed E-state index contributed by atoms with van der Waals surface area (Å²) in [7, 11) is 0. The van der Waals surface area contributed by atoms with Crippen LogP contribution < -0.4 is 24.8 Å². The van der Waals surface area contributed by atoms with E-state index < -0.39 is 22.8 Å². The van der Waals surface area contributed by atoms with E-state index in [1.807, 2.05) is 0 Å². The summed E-state index contributed by atoms with van der Waals surface area (Å²) in [6.45, 7) is 0. The first-order chi connectivity index (χ1) is 12.4. The molecule has 5 aliphatic carbocycles. The molecule has 0 saturated heterocycles. The van der Waals surface area contributed by atoms with E-state index in [4.69, 9.17) is 0 Å². The smallest absolute Gasteiger partial charge is 1.00 e. The van der Waals surface area contributed by atoms with Crippen LogP contribution in [0.25, 0.3) is 0 Å². The molecule has 5 rings (SSSR count). The monoisotopic (exact) mass is 479 g/mol. The molecule has 0 N–H and O–H groups in total. The molecule has 0 radical (unpaired) electrons. The van der Waals surface area contributed by atoms with Gasteiger partial charge in [-0.3, -0.25) is 0 Å².